The van der Waals surface area contributed by atoms with Gasteiger partial charge in [-0.05, 0) is 24.8 Å². The first-order valence-corrected chi connectivity index (χ1v) is 7.19. The monoisotopic (exact) mass is 282 g/mol. The molecule has 108 valence electrons. The van der Waals surface area contributed by atoms with Crippen LogP contribution in [0.2, 0.25) is 0 Å². The summed E-state index contributed by atoms with van der Waals surface area (Å²) in [6.45, 7) is 6.77. The molecule has 0 amide bonds. The van der Waals surface area contributed by atoms with Gasteiger partial charge < -0.3 is 9.26 Å². The van der Waals surface area contributed by atoms with Crippen molar-refractivity contribution in [1.29, 1.82) is 0 Å². The number of hydrogen-bond donors (Lipinski definition) is 0. The van der Waals surface area contributed by atoms with E-state index in [9.17, 15) is 4.79 Å². The molecule has 0 fully saturated rings. The zero-order chi connectivity index (χ0) is 14.9. The van der Waals surface area contributed by atoms with Crippen molar-refractivity contribution in [3.05, 3.63) is 59.5 Å². The third kappa shape index (κ3) is 4.88. The maximum Gasteiger partial charge on any atom is 0.357 e. The molecule has 4 nitrogen and oxygen atoms in total. The van der Waals surface area contributed by atoms with Gasteiger partial charge in [0.15, 0.2) is 0 Å². The van der Waals surface area contributed by atoms with Gasteiger partial charge in [-0.2, -0.15) is 0 Å². The summed E-state index contributed by atoms with van der Waals surface area (Å²) in [5, 5.41) is 0. The fraction of sp³-hybridized carbons (Fsp3) is 0.353. The van der Waals surface area contributed by atoms with Crippen molar-refractivity contribution in [2.75, 3.05) is 0 Å². The molecule has 1 aromatic carbocycles. The van der Waals surface area contributed by atoms with E-state index in [4.69, 9.17) is 11.0 Å². The molecule has 0 saturated carbocycles. The zero-order valence-corrected chi connectivity index (χ0v) is 11.9. The summed E-state index contributed by atoms with van der Waals surface area (Å²) in [5.74, 6) is 0.0828. The maximum absolute atomic E-state index is 11.8. The summed E-state index contributed by atoms with van der Waals surface area (Å²) >= 11 is 0. The Morgan fingerprint density at radius 3 is 2.62 bits per heavy atom. The van der Waals surface area contributed by atoms with Crippen LogP contribution in [0.15, 0.2) is 41.0 Å². The van der Waals surface area contributed by atoms with Crippen LogP contribution >= 0.6 is 0 Å². The summed E-state index contributed by atoms with van der Waals surface area (Å²) in [4.78, 5) is 18.7. The van der Waals surface area contributed by atoms with Crippen molar-refractivity contribution in [2.45, 2.75) is 38.5 Å². The van der Waals surface area contributed by atoms with Gasteiger partial charge in [0, 0.05) is 6.42 Å². The van der Waals surface area contributed by atoms with E-state index in [1.54, 1.807) is 0 Å². The smallest absolute Gasteiger partial charge is 0.357 e. The van der Waals surface area contributed by atoms with Crippen LogP contribution in [0.4, 0.5) is 5.82 Å². The number of aromatic nitrogens is 1. The molecular formula is C17H18N2O2. The van der Waals surface area contributed by atoms with E-state index >= 15 is 0 Å². The van der Waals surface area contributed by atoms with Gasteiger partial charge in [-0.1, -0.05) is 54.7 Å². The van der Waals surface area contributed by atoms with Crippen molar-refractivity contribution < 1.29 is 9.21 Å². The number of aryl methyl sites for hydroxylation is 1. The number of carbonyl (C=O) groups is 1. The predicted octanol–water partition coefficient (Wildman–Crippen LogP) is 4.60. The van der Waals surface area contributed by atoms with E-state index < -0.39 is 0 Å². The van der Waals surface area contributed by atoms with Gasteiger partial charge in [-0.25, -0.2) is 0 Å². The first-order chi connectivity index (χ1) is 10.3. The lowest BCUT2D eigenvalue weighted by atomic mass is 10.0. The van der Waals surface area contributed by atoms with Gasteiger partial charge in [-0.3, -0.25) is 4.79 Å². The Morgan fingerprint density at radius 1 is 1.14 bits per heavy atom. The Balaban J connectivity index is 1.59. The number of carbonyl (C=O) groups excluding carboxylic acids is 1. The van der Waals surface area contributed by atoms with Gasteiger partial charge in [0.2, 0.25) is 5.78 Å². The Morgan fingerprint density at radius 2 is 1.90 bits per heavy atom. The van der Waals surface area contributed by atoms with Crippen LogP contribution in [-0.2, 0) is 6.42 Å². The van der Waals surface area contributed by atoms with Crippen molar-refractivity contribution in [1.82, 2.24) is 4.98 Å². The number of oxazole rings is 1. The third-order valence-electron chi connectivity index (χ3n) is 3.31. The summed E-state index contributed by atoms with van der Waals surface area (Å²) < 4.78 is 4.98. The lowest BCUT2D eigenvalue weighted by molar-refractivity contribution is 0.0945. The van der Waals surface area contributed by atoms with E-state index in [1.165, 1.54) is 11.8 Å². The maximum atomic E-state index is 11.8. The number of Topliss-reactive ketones (excluding diaryl/α,β-unsaturated/α-hetero) is 1. The highest BCUT2D eigenvalue weighted by atomic mass is 16.3. The molecule has 0 spiro atoms. The molecule has 4 heteroatoms. The molecule has 0 atom stereocenters. The molecule has 1 aromatic heterocycles. The van der Waals surface area contributed by atoms with Gasteiger partial charge in [-0.15, -0.1) is 0 Å². The zero-order valence-electron chi connectivity index (χ0n) is 11.9. The van der Waals surface area contributed by atoms with E-state index in [1.807, 2.05) is 6.07 Å². The highest BCUT2D eigenvalue weighted by Crippen LogP contribution is 2.14. The van der Waals surface area contributed by atoms with Crippen LogP contribution < -0.4 is 0 Å². The fourth-order valence-corrected chi connectivity index (χ4v) is 2.16. The van der Waals surface area contributed by atoms with E-state index in [-0.39, 0.29) is 17.5 Å². The molecule has 0 radical (unpaired) electrons. The first kappa shape index (κ1) is 15.0. The van der Waals surface area contributed by atoms with Crippen LogP contribution in [0, 0.1) is 6.57 Å². The predicted molar refractivity (Wildman–Crippen MR) is 80.3 cm³/mol. The van der Waals surface area contributed by atoms with E-state index in [2.05, 4.69) is 34.1 Å². The summed E-state index contributed by atoms with van der Waals surface area (Å²) in [6, 6.07) is 10.4. The second-order valence-electron chi connectivity index (χ2n) is 4.95. The number of hydrogen-bond acceptors (Lipinski definition) is 3. The van der Waals surface area contributed by atoms with Gasteiger partial charge in [0.1, 0.15) is 6.26 Å². The second kappa shape index (κ2) is 8.01. The van der Waals surface area contributed by atoms with E-state index in [0.717, 1.165) is 32.1 Å². The second-order valence-corrected chi connectivity index (χ2v) is 4.95. The average molecular weight is 282 g/mol. The fourth-order valence-electron chi connectivity index (χ4n) is 2.16. The molecule has 1 heterocycles. The van der Waals surface area contributed by atoms with Gasteiger partial charge >= 0.3 is 11.7 Å². The van der Waals surface area contributed by atoms with Crippen LogP contribution in [0.5, 0.6) is 0 Å². The Bertz CT molecular complexity index is 611. The molecule has 21 heavy (non-hydrogen) atoms. The Hall–Kier alpha value is -2.41. The number of unbranched alkanes of at least 4 members (excludes halogenated alkanes) is 3. The highest BCUT2D eigenvalue weighted by molar-refractivity contribution is 5.91. The van der Waals surface area contributed by atoms with Crippen molar-refractivity contribution in [3.8, 4) is 0 Å². The van der Waals surface area contributed by atoms with Crippen LogP contribution in [0.1, 0.15) is 48.4 Å². The van der Waals surface area contributed by atoms with Crippen molar-refractivity contribution >= 4 is 11.6 Å². The Labute approximate surface area is 124 Å². The Kier molecular flexibility index (Phi) is 5.71. The van der Waals surface area contributed by atoms with Crippen LogP contribution in [0.25, 0.3) is 4.85 Å². The number of benzene rings is 1. The van der Waals surface area contributed by atoms with Crippen molar-refractivity contribution in [3.63, 3.8) is 0 Å². The van der Waals surface area contributed by atoms with Gasteiger partial charge in [0.05, 0.1) is 0 Å². The number of nitrogens with zero attached hydrogens (tertiary/aromatic N) is 2. The molecule has 0 saturated heterocycles. The summed E-state index contributed by atoms with van der Waals surface area (Å²) in [6.07, 6.45) is 6.85. The molecule has 0 bridgehead atoms. The molecule has 0 unspecified atom stereocenters. The molecule has 0 aliphatic heterocycles. The SMILES string of the molecule is [C-]#[N+]c1coc(C(=O)CCCCCCc2ccccc2)n1. The largest absolute Gasteiger partial charge is 0.437 e. The topological polar surface area (TPSA) is 47.5 Å². The molecule has 0 aliphatic rings. The minimum absolute atomic E-state index is 0.0604. The number of rotatable bonds is 8. The first-order valence-electron chi connectivity index (χ1n) is 7.19. The normalized spacial score (nSPS) is 10.2. The molecule has 0 N–H and O–H groups in total. The highest BCUT2D eigenvalue weighted by Gasteiger charge is 2.16. The summed E-state index contributed by atoms with van der Waals surface area (Å²) in [7, 11) is 0. The summed E-state index contributed by atoms with van der Waals surface area (Å²) in [5.41, 5.74) is 1.36. The van der Waals surface area contributed by atoms with Gasteiger partial charge in [0.25, 0.3) is 0 Å². The number of ketones is 1. The van der Waals surface area contributed by atoms with Crippen LogP contribution in [-0.4, -0.2) is 10.8 Å². The standard InChI is InChI=1S/C17H18N2O2/c1-18-16-13-21-17(19-16)15(20)12-8-3-2-5-9-14-10-6-4-7-11-14/h4,6-7,10-11,13H,2-3,5,8-9,12H2. The molecule has 2 aromatic rings. The molecule has 2 rings (SSSR count). The molecule has 0 aliphatic carbocycles. The third-order valence-corrected chi connectivity index (χ3v) is 3.31. The lowest BCUT2D eigenvalue weighted by Gasteiger charge is -2.01. The van der Waals surface area contributed by atoms with Crippen molar-refractivity contribution in [2.24, 2.45) is 0 Å². The molecular weight excluding hydrogens is 264 g/mol. The van der Waals surface area contributed by atoms with Crippen LogP contribution in [0.3, 0.4) is 0 Å². The minimum atomic E-state index is -0.118. The minimum Gasteiger partial charge on any atom is -0.437 e. The quantitative estimate of drug-likeness (QED) is 0.404. The lowest BCUT2D eigenvalue weighted by Crippen LogP contribution is -1.99. The average Bonchev–Trinajstić information content (AvgIpc) is 3.00. The van der Waals surface area contributed by atoms with E-state index in [0.29, 0.717) is 6.42 Å².